The number of carboxylic acids is 1. The molecule has 0 radical (unpaired) electrons. The van der Waals surface area contributed by atoms with Gasteiger partial charge in [-0.05, 0) is 31.2 Å². The van der Waals surface area contributed by atoms with E-state index in [4.69, 9.17) is 22.4 Å². The maximum Gasteiger partial charge on any atom is 0.323 e. The van der Waals surface area contributed by atoms with Crippen molar-refractivity contribution in [2.75, 3.05) is 11.4 Å². The molecule has 3 N–H and O–H groups in total. The summed E-state index contributed by atoms with van der Waals surface area (Å²) in [6.07, 6.45) is 0. The van der Waals surface area contributed by atoms with E-state index in [1.54, 1.807) is 31.2 Å². The Morgan fingerprint density at radius 2 is 1.94 bits per heavy atom. The van der Waals surface area contributed by atoms with E-state index >= 15 is 0 Å². The Kier molecular flexibility index (Phi) is 4.34. The summed E-state index contributed by atoms with van der Waals surface area (Å²) in [4.78, 5) is 23.3. The van der Waals surface area contributed by atoms with Crippen molar-refractivity contribution in [3.63, 3.8) is 0 Å². The number of carboxylic acid groups (broad SMARTS) is 1. The summed E-state index contributed by atoms with van der Waals surface area (Å²) in [5, 5.41) is 9.35. The molecule has 1 rings (SSSR count). The van der Waals surface area contributed by atoms with Crippen molar-refractivity contribution in [1.82, 2.24) is 0 Å². The van der Waals surface area contributed by atoms with Crippen LogP contribution in [0.4, 0.5) is 5.69 Å². The van der Waals surface area contributed by atoms with E-state index in [0.717, 1.165) is 0 Å². The van der Waals surface area contributed by atoms with Crippen LogP contribution in [0, 0.1) is 0 Å². The highest BCUT2D eigenvalue weighted by Gasteiger charge is 2.21. The number of hydrogen-bond acceptors (Lipinski definition) is 3. The van der Waals surface area contributed by atoms with Crippen LogP contribution in [-0.2, 0) is 9.59 Å². The van der Waals surface area contributed by atoms with Gasteiger partial charge in [-0.15, -0.1) is 0 Å². The number of benzene rings is 1. The van der Waals surface area contributed by atoms with Crippen LogP contribution >= 0.6 is 11.6 Å². The van der Waals surface area contributed by atoms with Gasteiger partial charge >= 0.3 is 5.97 Å². The fourth-order valence-corrected chi connectivity index (χ4v) is 1.51. The average molecular weight is 257 g/mol. The molecule has 5 nitrogen and oxygen atoms in total. The smallest absolute Gasteiger partial charge is 0.323 e. The maximum atomic E-state index is 11.1. The molecule has 0 saturated heterocycles. The molecular formula is C11H13ClN2O3. The summed E-state index contributed by atoms with van der Waals surface area (Å²) in [6.45, 7) is 1.26. The number of nitrogens with zero attached hydrogens (tertiary/aromatic N) is 1. The highest BCUT2D eigenvalue weighted by Crippen LogP contribution is 2.19. The SMILES string of the molecule is CC(C(N)=O)N(CC(=O)O)c1ccc(Cl)cc1. The molecule has 0 aliphatic rings. The molecule has 1 atom stereocenters. The molecule has 0 aliphatic carbocycles. The van der Waals surface area contributed by atoms with Gasteiger partial charge in [-0.25, -0.2) is 0 Å². The van der Waals surface area contributed by atoms with Crippen molar-refractivity contribution < 1.29 is 14.7 Å². The minimum Gasteiger partial charge on any atom is -0.480 e. The zero-order chi connectivity index (χ0) is 13.0. The summed E-state index contributed by atoms with van der Waals surface area (Å²) in [5.41, 5.74) is 5.77. The lowest BCUT2D eigenvalue weighted by molar-refractivity contribution is -0.135. The standard InChI is InChI=1S/C11H13ClN2O3/c1-7(11(13)17)14(6-10(15)16)9-4-2-8(12)3-5-9/h2-5,7H,6H2,1H3,(H2,13,17)(H,15,16). The zero-order valence-corrected chi connectivity index (χ0v) is 10.0. The second-order valence-electron chi connectivity index (χ2n) is 3.58. The number of carbonyl (C=O) groups is 2. The normalized spacial score (nSPS) is 11.9. The molecule has 17 heavy (non-hydrogen) atoms. The Morgan fingerprint density at radius 3 is 2.35 bits per heavy atom. The predicted molar refractivity (Wildman–Crippen MR) is 65.1 cm³/mol. The number of carbonyl (C=O) groups excluding carboxylic acids is 1. The molecule has 1 aromatic carbocycles. The van der Waals surface area contributed by atoms with Crippen LogP contribution in [0.5, 0.6) is 0 Å². The Balaban J connectivity index is 3.01. The van der Waals surface area contributed by atoms with Gasteiger partial charge in [-0.2, -0.15) is 0 Å². The van der Waals surface area contributed by atoms with E-state index in [9.17, 15) is 9.59 Å². The van der Waals surface area contributed by atoms with Crippen LogP contribution < -0.4 is 10.6 Å². The quantitative estimate of drug-likeness (QED) is 0.826. The Hall–Kier alpha value is -1.75. The van der Waals surface area contributed by atoms with E-state index in [1.165, 1.54) is 4.90 Å². The summed E-state index contributed by atoms with van der Waals surface area (Å²) >= 11 is 5.74. The number of halogens is 1. The van der Waals surface area contributed by atoms with Crippen molar-refractivity contribution in [3.05, 3.63) is 29.3 Å². The number of anilines is 1. The summed E-state index contributed by atoms with van der Waals surface area (Å²) in [6, 6.07) is 5.83. The summed E-state index contributed by atoms with van der Waals surface area (Å²) in [5.74, 6) is -1.62. The molecule has 0 spiro atoms. The topological polar surface area (TPSA) is 83.6 Å². The number of aliphatic carboxylic acids is 1. The zero-order valence-electron chi connectivity index (χ0n) is 9.26. The fourth-order valence-electron chi connectivity index (χ4n) is 1.38. The maximum absolute atomic E-state index is 11.1. The van der Waals surface area contributed by atoms with E-state index in [1.807, 2.05) is 0 Å². The van der Waals surface area contributed by atoms with Gasteiger partial charge in [0.15, 0.2) is 0 Å². The molecule has 1 aromatic rings. The second-order valence-corrected chi connectivity index (χ2v) is 4.01. The summed E-state index contributed by atoms with van der Waals surface area (Å²) in [7, 11) is 0. The fraction of sp³-hybridized carbons (Fsp3) is 0.273. The van der Waals surface area contributed by atoms with Crippen LogP contribution in [0.3, 0.4) is 0 Å². The minimum absolute atomic E-state index is 0.300. The predicted octanol–water partition coefficient (Wildman–Crippen LogP) is 1.10. The molecule has 1 unspecified atom stereocenters. The van der Waals surface area contributed by atoms with E-state index < -0.39 is 17.9 Å². The number of rotatable bonds is 5. The van der Waals surface area contributed by atoms with Crippen molar-refractivity contribution in [2.24, 2.45) is 5.73 Å². The molecular weight excluding hydrogens is 244 g/mol. The number of amides is 1. The van der Waals surface area contributed by atoms with Crippen molar-refractivity contribution >= 4 is 29.2 Å². The summed E-state index contributed by atoms with van der Waals surface area (Å²) < 4.78 is 0. The highest BCUT2D eigenvalue weighted by atomic mass is 35.5. The lowest BCUT2D eigenvalue weighted by Crippen LogP contribution is -2.45. The average Bonchev–Trinajstić information content (AvgIpc) is 2.26. The third-order valence-corrected chi connectivity index (χ3v) is 2.60. The third-order valence-electron chi connectivity index (χ3n) is 2.34. The first kappa shape index (κ1) is 13.3. The second kappa shape index (κ2) is 5.54. The van der Waals surface area contributed by atoms with Crippen molar-refractivity contribution in [2.45, 2.75) is 13.0 Å². The van der Waals surface area contributed by atoms with E-state index in [2.05, 4.69) is 0 Å². The first-order chi connectivity index (χ1) is 7.91. The van der Waals surface area contributed by atoms with Gasteiger partial charge in [-0.1, -0.05) is 11.6 Å². The Bertz CT molecular complexity index is 419. The molecule has 0 aromatic heterocycles. The van der Waals surface area contributed by atoms with Crippen LogP contribution in [0.15, 0.2) is 24.3 Å². The van der Waals surface area contributed by atoms with Crippen LogP contribution in [-0.4, -0.2) is 29.6 Å². The lowest BCUT2D eigenvalue weighted by Gasteiger charge is -2.27. The van der Waals surface area contributed by atoms with Crippen LogP contribution in [0.2, 0.25) is 5.02 Å². The van der Waals surface area contributed by atoms with Gasteiger partial charge in [0, 0.05) is 10.7 Å². The Labute approximate surface area is 104 Å². The third kappa shape index (κ3) is 3.64. The minimum atomic E-state index is -1.03. The number of hydrogen-bond donors (Lipinski definition) is 2. The van der Waals surface area contributed by atoms with Crippen molar-refractivity contribution in [1.29, 1.82) is 0 Å². The van der Waals surface area contributed by atoms with Gasteiger partial charge in [0.2, 0.25) is 5.91 Å². The monoisotopic (exact) mass is 256 g/mol. The molecule has 0 fully saturated rings. The molecule has 0 bridgehead atoms. The molecule has 0 aliphatic heterocycles. The van der Waals surface area contributed by atoms with Crippen LogP contribution in [0.25, 0.3) is 0 Å². The van der Waals surface area contributed by atoms with E-state index in [-0.39, 0.29) is 6.54 Å². The Morgan fingerprint density at radius 1 is 1.41 bits per heavy atom. The first-order valence-electron chi connectivity index (χ1n) is 4.95. The highest BCUT2D eigenvalue weighted by molar-refractivity contribution is 6.30. The van der Waals surface area contributed by atoms with Crippen molar-refractivity contribution in [3.8, 4) is 0 Å². The number of primary amides is 1. The molecule has 0 heterocycles. The first-order valence-corrected chi connectivity index (χ1v) is 5.33. The largest absolute Gasteiger partial charge is 0.480 e. The van der Waals surface area contributed by atoms with Gasteiger partial charge in [0.05, 0.1) is 0 Å². The van der Waals surface area contributed by atoms with Crippen LogP contribution in [0.1, 0.15) is 6.92 Å². The van der Waals surface area contributed by atoms with Gasteiger partial charge < -0.3 is 15.7 Å². The number of nitrogens with two attached hydrogens (primary N) is 1. The van der Waals surface area contributed by atoms with Gasteiger partial charge in [-0.3, -0.25) is 9.59 Å². The lowest BCUT2D eigenvalue weighted by atomic mass is 10.2. The molecule has 0 saturated carbocycles. The van der Waals surface area contributed by atoms with E-state index in [0.29, 0.717) is 10.7 Å². The molecule has 1 amide bonds. The van der Waals surface area contributed by atoms with Gasteiger partial charge in [0.1, 0.15) is 12.6 Å². The van der Waals surface area contributed by atoms with Gasteiger partial charge in [0.25, 0.3) is 0 Å². The molecule has 92 valence electrons. The molecule has 6 heteroatoms.